The summed E-state index contributed by atoms with van der Waals surface area (Å²) >= 11 is 8.11. The van der Waals surface area contributed by atoms with Crippen molar-refractivity contribution in [2.45, 2.75) is 6.16 Å². The molecule has 0 N–H and O–H groups in total. The number of rotatable bonds is 6. The van der Waals surface area contributed by atoms with Crippen molar-refractivity contribution in [3.05, 3.63) is 121 Å². The van der Waals surface area contributed by atoms with Crippen LogP contribution in [0.5, 0.6) is 5.75 Å². The Morgan fingerprint density at radius 3 is 1.38 bits per heavy atom. The molecule has 0 aliphatic rings. The number of methoxy groups -OCH3 is 1. The van der Waals surface area contributed by atoms with E-state index in [9.17, 15) is 0 Å². The molecule has 3 heteroatoms. The van der Waals surface area contributed by atoms with E-state index in [0.717, 1.165) is 27.2 Å². The molecule has 0 saturated heterocycles. The van der Waals surface area contributed by atoms with E-state index in [1.165, 1.54) is 0 Å². The Balaban J connectivity index is 2.10. The second-order valence-electron chi connectivity index (χ2n) is 7.16. The van der Waals surface area contributed by atoms with Gasteiger partial charge in [-0.25, -0.2) is 0 Å². The zero-order valence-corrected chi connectivity index (χ0v) is 18.1. The van der Waals surface area contributed by atoms with Gasteiger partial charge in [0.25, 0.3) is 0 Å². The van der Waals surface area contributed by atoms with E-state index in [1.54, 1.807) is 7.11 Å². The summed E-state index contributed by atoms with van der Waals surface area (Å²) in [6.45, 7) is 0. The van der Waals surface area contributed by atoms with Crippen LogP contribution in [0.4, 0.5) is 0 Å². The van der Waals surface area contributed by atoms with Crippen LogP contribution in [0.2, 0.25) is 0 Å². The Labute approximate surface area is 177 Å². The van der Waals surface area contributed by atoms with Crippen LogP contribution in [-0.2, 0) is 6.16 Å². The van der Waals surface area contributed by atoms with E-state index in [4.69, 9.17) is 16.0 Å². The van der Waals surface area contributed by atoms with Crippen molar-refractivity contribution in [2.75, 3.05) is 7.11 Å². The first-order valence-corrected chi connectivity index (χ1v) is 13.0. The van der Waals surface area contributed by atoms with Gasteiger partial charge in [0, 0.05) is 0 Å². The molecule has 0 amide bonds. The van der Waals surface area contributed by atoms with Gasteiger partial charge in [-0.1, -0.05) is 0 Å². The van der Waals surface area contributed by atoms with Crippen molar-refractivity contribution in [2.24, 2.45) is 0 Å². The molecule has 1 nitrogen and oxygen atoms in total. The van der Waals surface area contributed by atoms with Crippen LogP contribution < -0.4 is 20.7 Å². The number of benzene rings is 4. The molecule has 4 rings (SSSR count). The fourth-order valence-electron chi connectivity index (χ4n) is 4.09. The molecule has 0 unspecified atom stereocenters. The van der Waals surface area contributed by atoms with E-state index in [2.05, 4.69) is 84.9 Å². The summed E-state index contributed by atoms with van der Waals surface area (Å²) in [5.74, 6) is -2.47. The molecule has 146 valence electrons. The summed E-state index contributed by atoms with van der Waals surface area (Å²) < 4.78 is 5.71. The standard InChI is InChI=1S/C26H24ClOP/c1-28-26-20-12-11-13-22(26)21-29(27,23-14-5-2-6-15-23,24-16-7-3-8-17-24)25-18-9-4-10-19-25/h2-20H,21H2,1H3. The Morgan fingerprint density at radius 2 is 0.966 bits per heavy atom. The number of hydrogen-bond acceptors (Lipinski definition) is 1. The molecular formula is C26H24ClOP. The zero-order valence-electron chi connectivity index (χ0n) is 16.4. The minimum atomic E-state index is -3.34. The van der Waals surface area contributed by atoms with Crippen molar-refractivity contribution in [3.63, 3.8) is 0 Å². The van der Waals surface area contributed by atoms with Gasteiger partial charge < -0.3 is 0 Å². The Bertz CT molecular complexity index is 982. The van der Waals surface area contributed by atoms with Crippen molar-refractivity contribution < 1.29 is 4.74 Å². The average molecular weight is 419 g/mol. The van der Waals surface area contributed by atoms with Gasteiger partial charge in [0.2, 0.25) is 0 Å². The Morgan fingerprint density at radius 1 is 0.586 bits per heavy atom. The predicted octanol–water partition coefficient (Wildman–Crippen LogP) is 5.88. The molecule has 0 bridgehead atoms. The first-order valence-electron chi connectivity index (χ1n) is 9.68. The monoisotopic (exact) mass is 418 g/mol. The number of halogens is 1. The molecule has 0 fully saturated rings. The number of hydrogen-bond donors (Lipinski definition) is 0. The molecule has 0 aromatic heterocycles. The van der Waals surface area contributed by atoms with Gasteiger partial charge in [0.1, 0.15) is 0 Å². The molecule has 0 aliphatic carbocycles. The van der Waals surface area contributed by atoms with Gasteiger partial charge in [0.05, 0.1) is 0 Å². The maximum absolute atomic E-state index is 8.11. The average Bonchev–Trinajstić information content (AvgIpc) is 2.81. The third kappa shape index (κ3) is 3.35. The van der Waals surface area contributed by atoms with Crippen LogP contribution in [0.15, 0.2) is 115 Å². The number of ether oxygens (including phenoxy) is 1. The van der Waals surface area contributed by atoms with E-state index < -0.39 is 5.96 Å². The summed E-state index contributed by atoms with van der Waals surface area (Å²) in [4.78, 5) is 0. The summed E-state index contributed by atoms with van der Waals surface area (Å²) in [7, 11) is 1.72. The first kappa shape index (κ1) is 19.7. The maximum atomic E-state index is 8.11. The number of para-hydroxylation sites is 1. The third-order valence-electron chi connectivity index (χ3n) is 5.54. The van der Waals surface area contributed by atoms with Gasteiger partial charge in [-0.15, -0.1) is 0 Å². The summed E-state index contributed by atoms with van der Waals surface area (Å²) in [6.07, 6.45) is 0.676. The van der Waals surface area contributed by atoms with E-state index >= 15 is 0 Å². The quantitative estimate of drug-likeness (QED) is 0.355. The van der Waals surface area contributed by atoms with Gasteiger partial charge in [-0.05, 0) is 0 Å². The normalized spacial score (nSPS) is 12.7. The molecule has 4 aromatic carbocycles. The van der Waals surface area contributed by atoms with Gasteiger partial charge in [0.15, 0.2) is 0 Å². The van der Waals surface area contributed by atoms with Crippen molar-refractivity contribution in [1.29, 1.82) is 0 Å². The predicted molar refractivity (Wildman–Crippen MR) is 128 cm³/mol. The van der Waals surface area contributed by atoms with Gasteiger partial charge in [-0.2, -0.15) is 0 Å². The van der Waals surface area contributed by atoms with Gasteiger partial charge >= 0.3 is 178 Å². The SMILES string of the molecule is COc1ccccc1CP(Cl)(c1ccccc1)(c1ccccc1)c1ccccc1. The second-order valence-corrected chi connectivity index (χ2v) is 13.6. The Hall–Kier alpha value is -2.60. The van der Waals surface area contributed by atoms with Crippen LogP contribution in [-0.4, -0.2) is 7.11 Å². The van der Waals surface area contributed by atoms with E-state index in [0.29, 0.717) is 6.16 Å². The van der Waals surface area contributed by atoms with Crippen LogP contribution in [0.3, 0.4) is 0 Å². The molecule has 0 atom stereocenters. The molecule has 0 spiro atoms. The van der Waals surface area contributed by atoms with Gasteiger partial charge in [-0.3, -0.25) is 0 Å². The fraction of sp³-hybridized carbons (Fsp3) is 0.0769. The van der Waals surface area contributed by atoms with Crippen molar-refractivity contribution in [3.8, 4) is 5.75 Å². The van der Waals surface area contributed by atoms with Crippen molar-refractivity contribution >= 4 is 33.1 Å². The minimum absolute atomic E-state index is 0.676. The molecule has 4 aromatic rings. The molecule has 0 heterocycles. The Kier molecular flexibility index (Phi) is 5.46. The van der Waals surface area contributed by atoms with E-state index in [1.807, 2.05) is 30.3 Å². The molecular weight excluding hydrogens is 395 g/mol. The summed E-state index contributed by atoms with van der Waals surface area (Å²) in [6, 6.07) is 39.8. The molecule has 0 aliphatic heterocycles. The van der Waals surface area contributed by atoms with Crippen LogP contribution in [0, 0.1) is 0 Å². The van der Waals surface area contributed by atoms with Crippen molar-refractivity contribution in [1.82, 2.24) is 0 Å². The third-order valence-corrected chi connectivity index (χ3v) is 12.7. The first-order chi connectivity index (χ1) is 14.2. The van der Waals surface area contributed by atoms with Crippen LogP contribution in [0.1, 0.15) is 5.56 Å². The van der Waals surface area contributed by atoms with Crippen LogP contribution >= 0.6 is 17.2 Å². The summed E-state index contributed by atoms with van der Waals surface area (Å²) in [5, 5.41) is 3.47. The topological polar surface area (TPSA) is 9.23 Å². The van der Waals surface area contributed by atoms with E-state index in [-0.39, 0.29) is 0 Å². The molecule has 0 radical (unpaired) electrons. The van der Waals surface area contributed by atoms with Crippen LogP contribution in [0.25, 0.3) is 0 Å². The fourth-order valence-corrected chi connectivity index (χ4v) is 10.2. The molecule has 29 heavy (non-hydrogen) atoms. The zero-order chi connectivity index (χ0) is 20.2. The summed E-state index contributed by atoms with van der Waals surface area (Å²) in [5.41, 5.74) is 1.11. The second kappa shape index (κ2) is 8.03. The molecule has 0 saturated carbocycles.